The van der Waals surface area contributed by atoms with Crippen molar-refractivity contribution in [2.75, 3.05) is 7.05 Å². The van der Waals surface area contributed by atoms with E-state index in [2.05, 4.69) is 15.3 Å². The molecule has 0 fully saturated rings. The number of benzene rings is 6. The minimum absolute atomic E-state index is 0.0726. The van der Waals surface area contributed by atoms with Crippen LogP contribution >= 0.6 is 0 Å². The molecule has 0 amide bonds. The lowest BCUT2D eigenvalue weighted by Gasteiger charge is -2.26. The van der Waals surface area contributed by atoms with Crippen molar-refractivity contribution >= 4 is 28.2 Å². The predicted molar refractivity (Wildman–Crippen MR) is 279 cm³/mol. The lowest BCUT2D eigenvalue weighted by molar-refractivity contribution is -0.174. The van der Waals surface area contributed by atoms with Gasteiger partial charge >= 0.3 is 27.5 Å². The van der Waals surface area contributed by atoms with Gasteiger partial charge in [-0.05, 0) is 114 Å². The van der Waals surface area contributed by atoms with Crippen LogP contribution in [0.5, 0.6) is 0 Å². The zero-order valence-corrected chi connectivity index (χ0v) is 44.8. The summed E-state index contributed by atoms with van der Waals surface area (Å²) in [6.07, 6.45) is 0.540. The number of hydrogen-bond acceptors (Lipinski definition) is 10. The molecule has 13 nitrogen and oxygen atoms in total. The average molecular weight is 1130 g/mol. The summed E-state index contributed by atoms with van der Waals surface area (Å²) >= 11 is 0. The van der Waals surface area contributed by atoms with Crippen molar-refractivity contribution in [3.05, 3.63) is 224 Å². The predicted octanol–water partition coefficient (Wildman–Crippen LogP) is 13.1. The normalized spacial score (nSPS) is 10.7. The third kappa shape index (κ3) is 28.3. The molecule has 424 valence electrons. The van der Waals surface area contributed by atoms with Gasteiger partial charge in [0.15, 0.2) is 12.2 Å². The molecule has 0 aromatic heterocycles. The number of nitrogens with one attached hydrogen (secondary N) is 2. The number of azide groups is 1. The monoisotopic (exact) mass is 1130 g/mol. The molecule has 2 N–H and O–H groups in total. The van der Waals surface area contributed by atoms with Crippen LogP contribution in [0.25, 0.3) is 10.4 Å². The molecule has 23 heteroatoms. The lowest BCUT2D eigenvalue weighted by Crippen LogP contribution is -2.38. The molecular formula is C56H59F9N6O7S. The summed E-state index contributed by atoms with van der Waals surface area (Å²) in [5, 5.41) is 14.4. The number of esters is 2. The molecule has 0 bridgehead atoms. The number of halogens is 9. The maximum absolute atomic E-state index is 13.8. The molecule has 6 aromatic carbocycles. The van der Waals surface area contributed by atoms with Crippen LogP contribution in [0.15, 0.2) is 151 Å². The first-order valence-electron chi connectivity index (χ1n) is 23.4. The van der Waals surface area contributed by atoms with E-state index in [0.29, 0.717) is 29.5 Å². The quantitative estimate of drug-likeness (QED) is 0.0215. The van der Waals surface area contributed by atoms with E-state index in [1.807, 2.05) is 12.1 Å². The summed E-state index contributed by atoms with van der Waals surface area (Å²) in [5.74, 6) is -5.11. The van der Waals surface area contributed by atoms with Crippen LogP contribution < -0.4 is 10.0 Å². The van der Waals surface area contributed by atoms with Crippen molar-refractivity contribution in [2.45, 2.75) is 90.7 Å². The fraction of sp³-hybridized carbons (Fsp3) is 0.286. The number of rotatable bonds is 13. The van der Waals surface area contributed by atoms with Gasteiger partial charge < -0.3 is 14.8 Å². The molecule has 0 unspecified atom stereocenters. The standard InChI is InChI=1S/C18H25FO4.C8H7F4NO2S.C8H10FN.C8H6FN.C7H6FN3.C7H5FO/c1-17(2,3)22-15(20)13(16(21)23-18(4,5)6)11-12-9-7-8-10-14(12)19;9-7-4-2-1-3-6(7)5-13-16(14,15)8(10,11)12;1-10-6-7-4-2-3-5-8(7)9;9-8-4-2-1-3-7(8)5-6-10;8-7-4-2-1-3-6(7)5-10-11-9;8-7-4-2-1-3-6(7)5-9/h7-10,13H,11H2,1-6H3;1-4,13H,5H2;2-5,10H,6H2,1H3;1-4H,5H2;1-4H,5H2;1-5H. The van der Waals surface area contributed by atoms with Crippen LogP contribution in [0.1, 0.15) is 79.7 Å². The molecule has 6 rings (SSSR count). The van der Waals surface area contributed by atoms with Gasteiger partial charge in [-0.3, -0.25) is 14.4 Å². The molecule has 0 spiro atoms. The van der Waals surface area contributed by atoms with Gasteiger partial charge in [-0.15, -0.1) is 0 Å². The third-order valence-electron chi connectivity index (χ3n) is 9.33. The molecule has 0 radical (unpaired) electrons. The summed E-state index contributed by atoms with van der Waals surface area (Å²) in [5.41, 5.74) is 2.90. The second-order valence-electron chi connectivity index (χ2n) is 17.9. The van der Waals surface area contributed by atoms with E-state index in [-0.39, 0.29) is 53.5 Å². The Labute approximate surface area is 453 Å². The third-order valence-corrected chi connectivity index (χ3v) is 10.5. The molecule has 79 heavy (non-hydrogen) atoms. The first-order chi connectivity index (χ1) is 37.0. The van der Waals surface area contributed by atoms with Gasteiger partial charge in [0.25, 0.3) is 0 Å². The van der Waals surface area contributed by atoms with E-state index in [9.17, 15) is 62.3 Å². The lowest BCUT2D eigenvalue weighted by atomic mass is 9.98. The fourth-order valence-corrected chi connectivity index (χ4v) is 6.16. The largest absolute Gasteiger partial charge is 0.511 e. The highest BCUT2D eigenvalue weighted by atomic mass is 32.2. The van der Waals surface area contributed by atoms with Crippen molar-refractivity contribution in [3.63, 3.8) is 0 Å². The summed E-state index contributed by atoms with van der Waals surface area (Å²) in [6, 6.07) is 38.0. The van der Waals surface area contributed by atoms with Gasteiger partial charge in [-0.25, -0.2) is 39.5 Å². The molecule has 0 aliphatic heterocycles. The fourth-order valence-electron chi connectivity index (χ4n) is 5.65. The van der Waals surface area contributed by atoms with Crippen molar-refractivity contribution in [2.24, 2.45) is 11.0 Å². The highest BCUT2D eigenvalue weighted by Crippen LogP contribution is 2.23. The van der Waals surface area contributed by atoms with Gasteiger partial charge in [-0.2, -0.15) is 18.4 Å². The maximum Gasteiger partial charge on any atom is 0.511 e. The number of sulfonamides is 1. The van der Waals surface area contributed by atoms with E-state index < -0.39 is 68.6 Å². The van der Waals surface area contributed by atoms with Gasteiger partial charge in [0.2, 0.25) is 0 Å². The van der Waals surface area contributed by atoms with Crippen LogP contribution in [0, 0.1) is 52.2 Å². The zero-order chi connectivity index (χ0) is 59.8. The minimum atomic E-state index is -5.43. The van der Waals surface area contributed by atoms with Crippen molar-refractivity contribution < 1.29 is 71.8 Å². The Bertz CT molecular complexity index is 3040. The van der Waals surface area contributed by atoms with Crippen LogP contribution in [-0.4, -0.2) is 50.4 Å². The molecule has 0 atom stereocenters. The first-order valence-corrected chi connectivity index (χ1v) is 24.9. The number of ether oxygens (including phenoxy) is 2. The van der Waals surface area contributed by atoms with E-state index in [4.69, 9.17) is 20.3 Å². The second kappa shape index (κ2) is 34.7. The average Bonchev–Trinajstić information content (AvgIpc) is 3.37. The Morgan fingerprint density at radius 2 is 0.962 bits per heavy atom. The van der Waals surface area contributed by atoms with Crippen molar-refractivity contribution in [1.29, 1.82) is 5.26 Å². The Hall–Kier alpha value is -8.03. The number of nitrogens with zero attached hydrogens (tertiary/aromatic N) is 4. The number of aldehydes is 1. The summed E-state index contributed by atoms with van der Waals surface area (Å²) < 4.78 is 146. The van der Waals surface area contributed by atoms with Gasteiger partial charge in [-0.1, -0.05) is 108 Å². The number of alkyl halides is 3. The van der Waals surface area contributed by atoms with Crippen molar-refractivity contribution in [1.82, 2.24) is 10.0 Å². The molecular weight excluding hydrogens is 1070 g/mol. The second-order valence-corrected chi connectivity index (χ2v) is 19.7. The van der Waals surface area contributed by atoms with Crippen LogP contribution in [0.3, 0.4) is 0 Å². The van der Waals surface area contributed by atoms with Crippen LogP contribution in [0.4, 0.5) is 39.5 Å². The number of nitriles is 1. The molecule has 0 aliphatic rings. The highest BCUT2D eigenvalue weighted by Gasteiger charge is 2.45. The van der Waals surface area contributed by atoms with Crippen LogP contribution in [0.2, 0.25) is 0 Å². The maximum atomic E-state index is 13.8. The van der Waals surface area contributed by atoms with E-state index in [0.717, 1.165) is 6.07 Å². The Kier molecular flexibility index (Phi) is 30.3. The summed E-state index contributed by atoms with van der Waals surface area (Å²) in [6.45, 7) is 10.2. The SMILES string of the molecule is CC(C)(C)OC(=O)C(Cc1ccccc1F)C(=O)OC(C)(C)C.CNCc1ccccc1F.N#CCc1ccccc1F.O=Cc1ccccc1F.O=S(=O)(NCc1ccccc1F)C(F)(F)F.[N-]=[N+]=NCc1ccccc1F. The van der Waals surface area contributed by atoms with Crippen LogP contribution in [-0.2, 0) is 61.6 Å². The smallest absolute Gasteiger partial charge is 0.459 e. The number of carbonyl (C=O) groups is 3. The highest BCUT2D eigenvalue weighted by molar-refractivity contribution is 7.90. The van der Waals surface area contributed by atoms with E-state index >= 15 is 0 Å². The Balaban J connectivity index is 0.000000492. The molecule has 0 saturated heterocycles. The summed E-state index contributed by atoms with van der Waals surface area (Å²) in [4.78, 5) is 37.2. The Morgan fingerprint density at radius 1 is 0.608 bits per heavy atom. The zero-order valence-electron chi connectivity index (χ0n) is 44.0. The minimum Gasteiger partial charge on any atom is -0.459 e. The van der Waals surface area contributed by atoms with Crippen molar-refractivity contribution in [3.8, 4) is 6.07 Å². The molecule has 6 aromatic rings. The topological polar surface area (TPSA) is 200 Å². The van der Waals surface area contributed by atoms with E-state index in [1.165, 1.54) is 65.4 Å². The number of hydrogen-bond donors (Lipinski definition) is 2. The molecule has 0 heterocycles. The van der Waals surface area contributed by atoms with Gasteiger partial charge in [0.05, 0.1) is 24.6 Å². The first kappa shape index (κ1) is 69.0. The van der Waals surface area contributed by atoms with Gasteiger partial charge in [0.1, 0.15) is 46.1 Å². The van der Waals surface area contributed by atoms with Gasteiger partial charge in [0, 0.05) is 34.7 Å². The molecule has 0 saturated carbocycles. The summed E-state index contributed by atoms with van der Waals surface area (Å²) in [7, 11) is -3.63. The van der Waals surface area contributed by atoms with E-state index in [1.54, 1.807) is 121 Å². The number of carbonyl (C=O) groups excluding carboxylic acids is 3. The Morgan fingerprint density at radius 3 is 1.29 bits per heavy atom. The molecule has 0 aliphatic carbocycles.